The molecule has 1 aromatic carbocycles. The second-order valence-electron chi connectivity index (χ2n) is 5.57. The van der Waals surface area contributed by atoms with Crippen molar-refractivity contribution in [3.8, 4) is 11.5 Å². The fourth-order valence-corrected chi connectivity index (χ4v) is 4.00. The van der Waals surface area contributed by atoms with Crippen molar-refractivity contribution in [2.24, 2.45) is 0 Å². The molecule has 1 aliphatic rings. The van der Waals surface area contributed by atoms with Gasteiger partial charge in [0.15, 0.2) is 5.76 Å². The largest absolute Gasteiger partial charge is 0.463 e. The van der Waals surface area contributed by atoms with Crippen molar-refractivity contribution in [3.63, 3.8) is 0 Å². The first-order valence-electron chi connectivity index (χ1n) is 7.74. The lowest BCUT2D eigenvalue weighted by Gasteiger charge is -2.27. The maximum atomic E-state index is 13.1. The minimum atomic E-state index is 0.0257. The number of thioether (sulfide) groups is 1. The molecule has 4 nitrogen and oxygen atoms in total. The summed E-state index contributed by atoms with van der Waals surface area (Å²) in [4.78, 5) is 19.6. The van der Waals surface area contributed by atoms with Gasteiger partial charge in [-0.05, 0) is 24.3 Å². The molecule has 1 aliphatic heterocycles. The SMILES string of the molecule is O=C(c1cc(-c2ccco2)nc2c(Cl)cccc12)N1CCSCC1. The number of pyridine rings is 1. The molecule has 0 spiro atoms. The van der Waals surface area contributed by atoms with Crippen LogP contribution in [0.3, 0.4) is 0 Å². The molecule has 0 unspecified atom stereocenters. The smallest absolute Gasteiger partial charge is 0.254 e. The van der Waals surface area contributed by atoms with E-state index >= 15 is 0 Å². The number of rotatable bonds is 2. The van der Waals surface area contributed by atoms with Crippen molar-refractivity contribution >= 4 is 40.2 Å². The van der Waals surface area contributed by atoms with E-state index in [0.717, 1.165) is 30.0 Å². The fourth-order valence-electron chi connectivity index (χ4n) is 2.88. The molecular formula is C18H15ClN2O2S. The average Bonchev–Trinajstić information content (AvgIpc) is 3.16. The number of benzene rings is 1. The maximum Gasteiger partial charge on any atom is 0.254 e. The Morgan fingerprint density at radius 1 is 1.21 bits per heavy atom. The number of hydrogen-bond donors (Lipinski definition) is 0. The van der Waals surface area contributed by atoms with Gasteiger partial charge in [0, 0.05) is 30.0 Å². The van der Waals surface area contributed by atoms with Crippen LogP contribution in [0.4, 0.5) is 0 Å². The lowest BCUT2D eigenvalue weighted by Crippen LogP contribution is -2.38. The first-order chi connectivity index (χ1) is 11.7. The Morgan fingerprint density at radius 3 is 2.79 bits per heavy atom. The first kappa shape index (κ1) is 15.5. The van der Waals surface area contributed by atoms with Crippen LogP contribution in [0.2, 0.25) is 5.02 Å². The van der Waals surface area contributed by atoms with Crippen molar-refractivity contribution < 1.29 is 9.21 Å². The standard InChI is InChI=1S/C18H15ClN2O2S/c19-14-4-1-3-12-13(18(22)21-6-9-24-10-7-21)11-15(20-17(12)14)16-5-2-8-23-16/h1-5,8,11H,6-7,9-10H2. The molecule has 0 N–H and O–H groups in total. The highest BCUT2D eigenvalue weighted by atomic mass is 35.5. The van der Waals surface area contributed by atoms with E-state index in [0.29, 0.717) is 27.6 Å². The van der Waals surface area contributed by atoms with Gasteiger partial charge in [-0.25, -0.2) is 4.98 Å². The molecule has 2 aromatic heterocycles. The van der Waals surface area contributed by atoms with E-state index in [1.54, 1.807) is 18.4 Å². The molecule has 4 rings (SSSR count). The van der Waals surface area contributed by atoms with E-state index in [-0.39, 0.29) is 5.91 Å². The minimum Gasteiger partial charge on any atom is -0.463 e. The third-order valence-corrected chi connectivity index (χ3v) is 5.34. The summed E-state index contributed by atoms with van der Waals surface area (Å²) in [5, 5.41) is 1.31. The highest BCUT2D eigenvalue weighted by molar-refractivity contribution is 7.99. The van der Waals surface area contributed by atoms with E-state index < -0.39 is 0 Å². The molecule has 1 fully saturated rings. The molecule has 1 saturated heterocycles. The third-order valence-electron chi connectivity index (χ3n) is 4.09. The molecular weight excluding hydrogens is 344 g/mol. The summed E-state index contributed by atoms with van der Waals surface area (Å²) in [5.74, 6) is 2.60. The molecule has 24 heavy (non-hydrogen) atoms. The van der Waals surface area contributed by atoms with Crippen molar-refractivity contribution in [1.82, 2.24) is 9.88 Å². The quantitative estimate of drug-likeness (QED) is 0.683. The lowest BCUT2D eigenvalue weighted by atomic mass is 10.1. The number of nitrogens with zero attached hydrogens (tertiary/aromatic N) is 2. The Hall–Kier alpha value is -1.98. The lowest BCUT2D eigenvalue weighted by molar-refractivity contribution is 0.0774. The summed E-state index contributed by atoms with van der Waals surface area (Å²) in [7, 11) is 0. The van der Waals surface area contributed by atoms with Crippen LogP contribution in [0.15, 0.2) is 47.1 Å². The second kappa shape index (κ2) is 6.49. The van der Waals surface area contributed by atoms with Crippen molar-refractivity contribution in [2.45, 2.75) is 0 Å². The van der Waals surface area contributed by atoms with Crippen LogP contribution in [-0.4, -0.2) is 40.4 Å². The number of amides is 1. The van der Waals surface area contributed by atoms with Gasteiger partial charge >= 0.3 is 0 Å². The fraction of sp³-hybridized carbons (Fsp3) is 0.222. The van der Waals surface area contributed by atoms with Gasteiger partial charge in [0.1, 0.15) is 5.69 Å². The van der Waals surface area contributed by atoms with E-state index in [9.17, 15) is 4.79 Å². The van der Waals surface area contributed by atoms with Gasteiger partial charge in [-0.15, -0.1) is 0 Å². The zero-order valence-corrected chi connectivity index (χ0v) is 14.4. The normalized spacial score (nSPS) is 15.0. The van der Waals surface area contributed by atoms with Gasteiger partial charge in [0.2, 0.25) is 0 Å². The van der Waals surface area contributed by atoms with E-state index in [1.807, 2.05) is 40.9 Å². The molecule has 0 radical (unpaired) electrons. The van der Waals surface area contributed by atoms with Crippen molar-refractivity contribution in [3.05, 3.63) is 53.2 Å². The Bertz CT molecular complexity index is 889. The molecule has 3 heterocycles. The van der Waals surface area contributed by atoms with Crippen LogP contribution in [-0.2, 0) is 0 Å². The molecule has 3 aromatic rings. The van der Waals surface area contributed by atoms with Gasteiger partial charge < -0.3 is 9.32 Å². The van der Waals surface area contributed by atoms with E-state index in [2.05, 4.69) is 4.98 Å². The molecule has 0 bridgehead atoms. The molecule has 0 atom stereocenters. The Kier molecular flexibility index (Phi) is 4.21. The molecule has 6 heteroatoms. The van der Waals surface area contributed by atoms with Crippen LogP contribution in [0.1, 0.15) is 10.4 Å². The summed E-state index contributed by atoms with van der Waals surface area (Å²) in [6.07, 6.45) is 1.59. The highest BCUT2D eigenvalue weighted by Crippen LogP contribution is 2.30. The minimum absolute atomic E-state index is 0.0257. The molecule has 0 aliphatic carbocycles. The second-order valence-corrected chi connectivity index (χ2v) is 7.20. The number of para-hydroxylation sites is 1. The Labute approximate surface area is 148 Å². The first-order valence-corrected chi connectivity index (χ1v) is 9.27. The summed E-state index contributed by atoms with van der Waals surface area (Å²) in [6, 6.07) is 11.0. The van der Waals surface area contributed by atoms with Crippen LogP contribution < -0.4 is 0 Å². The topological polar surface area (TPSA) is 46.3 Å². The number of hydrogen-bond acceptors (Lipinski definition) is 4. The van der Waals surface area contributed by atoms with E-state index in [4.69, 9.17) is 16.0 Å². The number of fused-ring (bicyclic) bond motifs is 1. The van der Waals surface area contributed by atoms with Gasteiger partial charge in [0.25, 0.3) is 5.91 Å². The van der Waals surface area contributed by atoms with Gasteiger partial charge in [-0.2, -0.15) is 11.8 Å². The number of carbonyl (C=O) groups is 1. The van der Waals surface area contributed by atoms with Crippen LogP contribution in [0.25, 0.3) is 22.4 Å². The summed E-state index contributed by atoms with van der Waals surface area (Å²) >= 11 is 8.21. The number of carbonyl (C=O) groups excluding carboxylic acids is 1. The third kappa shape index (κ3) is 2.78. The predicted octanol–water partition coefficient (Wildman–Crippen LogP) is 4.34. The Morgan fingerprint density at radius 2 is 2.04 bits per heavy atom. The zero-order valence-electron chi connectivity index (χ0n) is 12.9. The maximum absolute atomic E-state index is 13.1. The number of halogens is 1. The number of aromatic nitrogens is 1. The van der Waals surface area contributed by atoms with Crippen LogP contribution in [0, 0.1) is 0 Å². The van der Waals surface area contributed by atoms with Crippen molar-refractivity contribution in [2.75, 3.05) is 24.6 Å². The Balaban J connectivity index is 1.89. The zero-order chi connectivity index (χ0) is 16.5. The molecule has 122 valence electrons. The highest BCUT2D eigenvalue weighted by Gasteiger charge is 2.22. The van der Waals surface area contributed by atoms with Crippen LogP contribution in [0.5, 0.6) is 0 Å². The van der Waals surface area contributed by atoms with Crippen molar-refractivity contribution in [1.29, 1.82) is 0 Å². The summed E-state index contributed by atoms with van der Waals surface area (Å²) in [5.41, 5.74) is 1.87. The number of furan rings is 1. The average molecular weight is 359 g/mol. The monoisotopic (exact) mass is 358 g/mol. The molecule has 1 amide bonds. The summed E-state index contributed by atoms with van der Waals surface area (Å²) in [6.45, 7) is 1.54. The van der Waals surface area contributed by atoms with Gasteiger partial charge in [0.05, 0.1) is 22.4 Å². The molecule has 0 saturated carbocycles. The summed E-state index contributed by atoms with van der Waals surface area (Å²) < 4.78 is 5.45. The van der Waals surface area contributed by atoms with E-state index in [1.165, 1.54) is 0 Å². The predicted molar refractivity (Wildman–Crippen MR) is 97.7 cm³/mol. The van der Waals surface area contributed by atoms with Gasteiger partial charge in [-0.1, -0.05) is 23.7 Å². The van der Waals surface area contributed by atoms with Crippen LogP contribution >= 0.6 is 23.4 Å². The van der Waals surface area contributed by atoms with Gasteiger partial charge in [-0.3, -0.25) is 4.79 Å².